The Morgan fingerprint density at radius 3 is 0.740 bits per heavy atom. The minimum absolute atomic E-state index is 0.106. The van der Waals surface area contributed by atoms with Crippen LogP contribution in [0.2, 0.25) is 0 Å². The van der Waals surface area contributed by atoms with Crippen LogP contribution >= 0.6 is 15.6 Å². The molecular formula is C77H150O17P2. The summed E-state index contributed by atoms with van der Waals surface area (Å²) in [5.41, 5.74) is 0. The van der Waals surface area contributed by atoms with Crippen LogP contribution < -0.4 is 0 Å². The van der Waals surface area contributed by atoms with Gasteiger partial charge in [-0.3, -0.25) is 37.3 Å². The molecule has 0 aliphatic carbocycles. The van der Waals surface area contributed by atoms with Gasteiger partial charge in [-0.1, -0.05) is 338 Å². The molecule has 17 nitrogen and oxygen atoms in total. The van der Waals surface area contributed by atoms with Crippen molar-refractivity contribution in [3.05, 3.63) is 0 Å². The van der Waals surface area contributed by atoms with Crippen LogP contribution in [0.1, 0.15) is 389 Å². The number of esters is 4. The molecule has 0 fully saturated rings. The molecule has 0 saturated carbocycles. The summed E-state index contributed by atoms with van der Waals surface area (Å²) in [6, 6.07) is 0. The van der Waals surface area contributed by atoms with Crippen molar-refractivity contribution in [3.63, 3.8) is 0 Å². The minimum Gasteiger partial charge on any atom is -0.462 e. The maximum Gasteiger partial charge on any atom is 0.472 e. The molecule has 0 aromatic rings. The third-order valence-electron chi connectivity index (χ3n) is 18.5. The van der Waals surface area contributed by atoms with E-state index in [0.717, 1.165) is 120 Å². The average Bonchev–Trinajstić information content (AvgIpc) is 1.59. The minimum atomic E-state index is -4.96. The summed E-state index contributed by atoms with van der Waals surface area (Å²) < 4.78 is 68.6. The molecule has 0 aromatic carbocycles. The zero-order valence-electron chi connectivity index (χ0n) is 63.0. The van der Waals surface area contributed by atoms with Crippen molar-refractivity contribution < 1.29 is 80.2 Å². The van der Waals surface area contributed by atoms with E-state index >= 15 is 0 Å². The Kier molecular flexibility index (Phi) is 65.0. The van der Waals surface area contributed by atoms with Crippen LogP contribution in [0.3, 0.4) is 0 Å². The summed E-state index contributed by atoms with van der Waals surface area (Å²) in [6.45, 7) is 14.2. The van der Waals surface area contributed by atoms with E-state index in [2.05, 4.69) is 55.4 Å². The highest BCUT2D eigenvalue weighted by Crippen LogP contribution is 2.45. The lowest BCUT2D eigenvalue weighted by Gasteiger charge is -2.21. The van der Waals surface area contributed by atoms with Gasteiger partial charge in [0, 0.05) is 25.7 Å². The monoisotopic (exact) mass is 1410 g/mol. The van der Waals surface area contributed by atoms with Crippen molar-refractivity contribution in [1.29, 1.82) is 0 Å². The summed E-state index contributed by atoms with van der Waals surface area (Å²) in [6.07, 6.45) is 51.2. The molecule has 0 rings (SSSR count). The predicted molar refractivity (Wildman–Crippen MR) is 391 cm³/mol. The van der Waals surface area contributed by atoms with Gasteiger partial charge in [0.25, 0.3) is 0 Å². The molecular weight excluding hydrogens is 1260 g/mol. The summed E-state index contributed by atoms with van der Waals surface area (Å²) in [4.78, 5) is 72.9. The number of carbonyl (C=O) groups is 4. The maximum atomic E-state index is 13.1. The van der Waals surface area contributed by atoms with Crippen LogP contribution in [0.4, 0.5) is 0 Å². The van der Waals surface area contributed by atoms with Gasteiger partial charge in [-0.15, -0.1) is 0 Å². The number of phosphoric acid groups is 2. The molecule has 4 unspecified atom stereocenters. The normalized spacial score (nSPS) is 14.7. The first-order valence-electron chi connectivity index (χ1n) is 39.8. The van der Waals surface area contributed by atoms with E-state index in [-0.39, 0.29) is 25.7 Å². The second kappa shape index (κ2) is 66.3. The lowest BCUT2D eigenvalue weighted by Crippen LogP contribution is -2.30. The molecule has 0 radical (unpaired) electrons. The van der Waals surface area contributed by atoms with Crippen LogP contribution in [-0.4, -0.2) is 96.7 Å². The lowest BCUT2D eigenvalue weighted by molar-refractivity contribution is -0.161. The van der Waals surface area contributed by atoms with E-state index in [0.29, 0.717) is 25.7 Å². The Morgan fingerprint density at radius 2 is 0.500 bits per heavy atom. The van der Waals surface area contributed by atoms with Crippen molar-refractivity contribution in [2.75, 3.05) is 39.6 Å². The fourth-order valence-electron chi connectivity index (χ4n) is 11.7. The first-order chi connectivity index (χ1) is 46.2. The second-order valence-corrected chi connectivity index (χ2v) is 32.1. The maximum absolute atomic E-state index is 13.1. The molecule has 0 aromatic heterocycles. The summed E-state index contributed by atoms with van der Waals surface area (Å²) in [7, 11) is -9.92. The fraction of sp³-hybridized carbons (Fsp3) is 0.948. The van der Waals surface area contributed by atoms with E-state index in [9.17, 15) is 43.2 Å². The third kappa shape index (κ3) is 67.9. The number of unbranched alkanes of at least 4 members (excludes halogenated alkanes) is 38. The molecule has 7 atom stereocenters. The molecule has 96 heavy (non-hydrogen) atoms. The molecule has 0 amide bonds. The van der Waals surface area contributed by atoms with Crippen LogP contribution in [0.25, 0.3) is 0 Å². The smallest absolute Gasteiger partial charge is 0.462 e. The SMILES string of the molecule is CCC(C)CCCCCCCCCCCCC(=O)O[C@H](COC(=O)CCCCCCCCCCCCCCCC(C)C)COP(=O)(O)OC[C@@H](O)COP(=O)(O)OC[C@@H](COC(=O)CCCCCCCCC(C)CC)OC(=O)CCCCCCCCCCCCCCCC(C)C. The highest BCUT2D eigenvalue weighted by Gasteiger charge is 2.30. The van der Waals surface area contributed by atoms with Crippen molar-refractivity contribution in [1.82, 2.24) is 0 Å². The van der Waals surface area contributed by atoms with Crippen molar-refractivity contribution in [2.24, 2.45) is 23.7 Å². The van der Waals surface area contributed by atoms with E-state index in [1.807, 2.05) is 0 Å². The molecule has 0 aliphatic rings. The molecule has 0 saturated heterocycles. The zero-order valence-corrected chi connectivity index (χ0v) is 64.8. The highest BCUT2D eigenvalue weighted by atomic mass is 31.2. The fourth-order valence-corrected chi connectivity index (χ4v) is 13.2. The topological polar surface area (TPSA) is 237 Å². The number of hydrogen-bond acceptors (Lipinski definition) is 15. The standard InChI is InChI=1S/C77H150O17P2/c1-9-69(7)55-47-39-31-25-21-22-28-34-44-52-60-77(82)93-72(63-87-74(79)57-49-41-32-26-19-15-11-13-17-23-29-37-45-53-67(3)4)65-91-95(83,84)89-61-71(78)62-90-96(85,86)92-66-73(64-88-75(80)58-50-42-36-35-40-48-56-70(8)10-2)94-76(81)59-51-43-33-27-20-16-12-14-18-24-30-38-46-54-68(5)6/h67-73,78H,9-66H2,1-8H3,(H,83,84)(H,85,86)/t69?,70?,71-,72-,73-/m1/s1. The zero-order chi connectivity index (χ0) is 71.0. The quantitative estimate of drug-likeness (QED) is 0.0222. The van der Waals surface area contributed by atoms with Crippen LogP contribution in [0.15, 0.2) is 0 Å². The number of rotatable bonds is 74. The molecule has 0 bridgehead atoms. The summed E-state index contributed by atoms with van der Waals surface area (Å²) in [5.74, 6) is 0.992. The Hall–Kier alpha value is -1.94. The van der Waals surface area contributed by atoms with Crippen LogP contribution in [0.5, 0.6) is 0 Å². The number of aliphatic hydroxyl groups excluding tert-OH is 1. The van der Waals surface area contributed by atoms with Crippen molar-refractivity contribution in [2.45, 2.75) is 408 Å². The number of ether oxygens (including phenoxy) is 4. The van der Waals surface area contributed by atoms with Gasteiger partial charge in [-0.2, -0.15) is 0 Å². The van der Waals surface area contributed by atoms with E-state index in [1.165, 1.54) is 186 Å². The largest absolute Gasteiger partial charge is 0.472 e. The molecule has 19 heteroatoms. The number of hydrogen-bond donors (Lipinski definition) is 3. The molecule has 3 N–H and O–H groups in total. The molecule has 0 spiro atoms. The lowest BCUT2D eigenvalue weighted by atomic mass is 9.99. The molecule has 0 heterocycles. The Labute approximate surface area is 588 Å². The van der Waals surface area contributed by atoms with Gasteiger partial charge in [0.1, 0.15) is 19.3 Å². The van der Waals surface area contributed by atoms with Gasteiger partial charge in [0.15, 0.2) is 12.2 Å². The number of phosphoric ester groups is 2. The molecule has 0 aliphatic heterocycles. The van der Waals surface area contributed by atoms with Gasteiger partial charge in [0.05, 0.1) is 26.4 Å². The Balaban J connectivity index is 5.26. The van der Waals surface area contributed by atoms with Gasteiger partial charge in [0.2, 0.25) is 0 Å². The van der Waals surface area contributed by atoms with Crippen LogP contribution in [0, 0.1) is 23.7 Å². The summed E-state index contributed by atoms with van der Waals surface area (Å²) in [5, 5.41) is 10.6. The highest BCUT2D eigenvalue weighted by molar-refractivity contribution is 7.47. The van der Waals surface area contributed by atoms with E-state index < -0.39 is 97.5 Å². The first kappa shape index (κ1) is 94.1. The average molecular weight is 1410 g/mol. The van der Waals surface area contributed by atoms with Gasteiger partial charge in [-0.05, 0) is 49.4 Å². The van der Waals surface area contributed by atoms with Gasteiger partial charge >= 0.3 is 39.5 Å². The second-order valence-electron chi connectivity index (χ2n) is 29.2. The third-order valence-corrected chi connectivity index (χ3v) is 20.4. The van der Waals surface area contributed by atoms with Crippen LogP contribution in [-0.2, 0) is 65.4 Å². The molecule has 570 valence electrons. The van der Waals surface area contributed by atoms with E-state index in [4.69, 9.17) is 37.0 Å². The first-order valence-corrected chi connectivity index (χ1v) is 42.8. The van der Waals surface area contributed by atoms with Gasteiger partial charge < -0.3 is 33.8 Å². The number of aliphatic hydroxyl groups is 1. The Morgan fingerprint density at radius 1 is 0.292 bits per heavy atom. The predicted octanol–water partition coefficient (Wildman–Crippen LogP) is 22.4. The number of carbonyl (C=O) groups excluding carboxylic acids is 4. The Bertz CT molecular complexity index is 1890. The summed E-state index contributed by atoms with van der Waals surface area (Å²) >= 11 is 0. The van der Waals surface area contributed by atoms with Gasteiger partial charge in [-0.25, -0.2) is 9.13 Å². The van der Waals surface area contributed by atoms with E-state index in [1.54, 1.807) is 0 Å². The van der Waals surface area contributed by atoms with Crippen molar-refractivity contribution >= 4 is 39.5 Å². The van der Waals surface area contributed by atoms with Crippen molar-refractivity contribution in [3.8, 4) is 0 Å².